The Labute approximate surface area is 188 Å². The minimum Gasteiger partial charge on any atom is -0.379 e. The molecule has 2 N–H and O–H groups in total. The van der Waals surface area contributed by atoms with Crippen LogP contribution >= 0.6 is 0 Å². The zero-order chi connectivity index (χ0) is 22.1. The van der Waals surface area contributed by atoms with E-state index in [-0.39, 0.29) is 5.54 Å². The maximum atomic E-state index is 5.49. The number of guanidine groups is 1. The van der Waals surface area contributed by atoms with Gasteiger partial charge in [-0.2, -0.15) is 0 Å². The van der Waals surface area contributed by atoms with E-state index in [0.29, 0.717) is 6.04 Å². The molecule has 2 aliphatic heterocycles. The standard InChI is InChI=1S/C24H42N6O/c1-24(2,30-15-17-31-18-16-30)20-27-23(25-3)26-11-8-12-29-14-13-28(4)19-22(29)21-9-6-5-7-10-21/h5-7,9-10,22H,8,11-20H2,1-4H3,(H2,25,26,27). The summed E-state index contributed by atoms with van der Waals surface area (Å²) in [6.07, 6.45) is 1.10. The van der Waals surface area contributed by atoms with Gasteiger partial charge in [0.2, 0.25) is 0 Å². The highest BCUT2D eigenvalue weighted by Gasteiger charge is 2.28. The second kappa shape index (κ2) is 11.8. The number of hydrogen-bond acceptors (Lipinski definition) is 5. The Morgan fingerprint density at radius 3 is 2.55 bits per heavy atom. The van der Waals surface area contributed by atoms with Crippen LogP contribution < -0.4 is 10.6 Å². The van der Waals surface area contributed by atoms with Gasteiger partial charge in [-0.05, 0) is 32.9 Å². The summed E-state index contributed by atoms with van der Waals surface area (Å²) >= 11 is 0. The second-order valence-corrected chi connectivity index (χ2v) is 9.34. The predicted molar refractivity (Wildman–Crippen MR) is 129 cm³/mol. The molecule has 3 rings (SSSR count). The Morgan fingerprint density at radius 2 is 1.84 bits per heavy atom. The number of piperazine rings is 1. The molecule has 2 heterocycles. The van der Waals surface area contributed by atoms with Crippen LogP contribution in [0.4, 0.5) is 0 Å². The molecule has 1 unspecified atom stereocenters. The first kappa shape index (κ1) is 24.0. The van der Waals surface area contributed by atoms with Crippen molar-refractivity contribution in [3.63, 3.8) is 0 Å². The van der Waals surface area contributed by atoms with Gasteiger partial charge in [0.1, 0.15) is 0 Å². The predicted octanol–water partition coefficient (Wildman–Crippen LogP) is 1.64. The molecule has 2 aliphatic rings. The molecule has 0 bridgehead atoms. The van der Waals surface area contributed by atoms with Crippen molar-refractivity contribution in [3.05, 3.63) is 35.9 Å². The molecule has 2 saturated heterocycles. The number of hydrogen-bond donors (Lipinski definition) is 2. The third-order valence-corrected chi connectivity index (χ3v) is 6.57. The largest absolute Gasteiger partial charge is 0.379 e. The molecule has 7 nitrogen and oxygen atoms in total. The molecule has 0 saturated carbocycles. The number of aliphatic imine (C=N–C) groups is 1. The molecular formula is C24H42N6O. The fourth-order valence-electron chi connectivity index (χ4n) is 4.51. The molecular weight excluding hydrogens is 388 g/mol. The van der Waals surface area contributed by atoms with Crippen LogP contribution in [0.5, 0.6) is 0 Å². The van der Waals surface area contributed by atoms with Gasteiger partial charge in [0.25, 0.3) is 0 Å². The van der Waals surface area contributed by atoms with Crippen molar-refractivity contribution in [1.29, 1.82) is 0 Å². The van der Waals surface area contributed by atoms with Crippen LogP contribution in [0.3, 0.4) is 0 Å². The second-order valence-electron chi connectivity index (χ2n) is 9.34. The molecule has 0 spiro atoms. The summed E-state index contributed by atoms with van der Waals surface area (Å²) in [7, 11) is 4.08. The number of nitrogens with zero attached hydrogens (tertiary/aromatic N) is 4. The Balaban J connectivity index is 1.42. The number of likely N-dealkylation sites (N-methyl/N-ethyl adjacent to an activating group) is 1. The summed E-state index contributed by atoms with van der Waals surface area (Å²) < 4.78 is 5.49. The van der Waals surface area contributed by atoms with Crippen LogP contribution in [-0.2, 0) is 4.74 Å². The van der Waals surface area contributed by atoms with Gasteiger partial charge in [-0.3, -0.25) is 14.8 Å². The van der Waals surface area contributed by atoms with Gasteiger partial charge >= 0.3 is 0 Å². The van der Waals surface area contributed by atoms with E-state index >= 15 is 0 Å². The highest BCUT2D eigenvalue weighted by Crippen LogP contribution is 2.24. The third-order valence-electron chi connectivity index (χ3n) is 6.57. The highest BCUT2D eigenvalue weighted by molar-refractivity contribution is 5.79. The smallest absolute Gasteiger partial charge is 0.191 e. The normalized spacial score (nSPS) is 22.5. The van der Waals surface area contributed by atoms with Gasteiger partial charge in [-0.25, -0.2) is 0 Å². The molecule has 2 fully saturated rings. The molecule has 0 radical (unpaired) electrons. The lowest BCUT2D eigenvalue weighted by Gasteiger charge is -2.41. The number of ether oxygens (including phenoxy) is 1. The average molecular weight is 431 g/mol. The van der Waals surface area contributed by atoms with Gasteiger partial charge in [0, 0.05) is 71.0 Å². The summed E-state index contributed by atoms with van der Waals surface area (Å²) in [5.74, 6) is 0.888. The van der Waals surface area contributed by atoms with E-state index < -0.39 is 0 Å². The van der Waals surface area contributed by atoms with Crippen molar-refractivity contribution in [2.45, 2.75) is 31.8 Å². The molecule has 7 heteroatoms. The summed E-state index contributed by atoms with van der Waals surface area (Å²) in [4.78, 5) is 12.0. The fraction of sp³-hybridized carbons (Fsp3) is 0.708. The number of benzene rings is 1. The quantitative estimate of drug-likeness (QED) is 0.372. The summed E-state index contributed by atoms with van der Waals surface area (Å²) in [6.45, 7) is 14.4. The van der Waals surface area contributed by atoms with Crippen LogP contribution in [0.1, 0.15) is 31.9 Å². The minimum absolute atomic E-state index is 0.0735. The molecule has 174 valence electrons. The Bertz CT molecular complexity index is 674. The van der Waals surface area contributed by atoms with E-state index in [0.717, 1.165) is 78.0 Å². The molecule has 0 aromatic heterocycles. The molecule has 0 aliphatic carbocycles. The maximum absolute atomic E-state index is 5.49. The fourth-order valence-corrected chi connectivity index (χ4v) is 4.51. The van der Waals surface area contributed by atoms with E-state index in [9.17, 15) is 0 Å². The lowest BCUT2D eigenvalue weighted by molar-refractivity contribution is -0.00834. The van der Waals surface area contributed by atoms with E-state index in [1.807, 2.05) is 7.05 Å². The summed E-state index contributed by atoms with van der Waals surface area (Å²) in [5.41, 5.74) is 1.49. The molecule has 1 aromatic carbocycles. The van der Waals surface area contributed by atoms with E-state index in [1.165, 1.54) is 5.56 Å². The van der Waals surface area contributed by atoms with Crippen molar-refractivity contribution >= 4 is 5.96 Å². The molecule has 31 heavy (non-hydrogen) atoms. The van der Waals surface area contributed by atoms with Gasteiger partial charge in [-0.1, -0.05) is 30.3 Å². The lowest BCUT2D eigenvalue weighted by atomic mass is 10.0. The summed E-state index contributed by atoms with van der Waals surface area (Å²) in [5, 5.41) is 7.03. The van der Waals surface area contributed by atoms with E-state index in [1.54, 1.807) is 0 Å². The number of rotatable bonds is 8. The minimum atomic E-state index is 0.0735. The monoisotopic (exact) mass is 430 g/mol. The van der Waals surface area contributed by atoms with Crippen LogP contribution in [0.25, 0.3) is 0 Å². The SMILES string of the molecule is CN=C(NCCCN1CCN(C)CC1c1ccccc1)NCC(C)(C)N1CCOCC1. The first-order valence-electron chi connectivity index (χ1n) is 11.7. The Kier molecular flexibility index (Phi) is 9.14. The Morgan fingerprint density at radius 1 is 1.10 bits per heavy atom. The zero-order valence-electron chi connectivity index (χ0n) is 19.9. The highest BCUT2D eigenvalue weighted by atomic mass is 16.5. The maximum Gasteiger partial charge on any atom is 0.191 e. The van der Waals surface area contributed by atoms with Crippen molar-refractivity contribution in [2.24, 2.45) is 4.99 Å². The van der Waals surface area contributed by atoms with Gasteiger partial charge in [0.05, 0.1) is 13.2 Å². The third kappa shape index (κ3) is 7.17. The van der Waals surface area contributed by atoms with Crippen molar-refractivity contribution in [3.8, 4) is 0 Å². The van der Waals surface area contributed by atoms with Gasteiger partial charge < -0.3 is 20.3 Å². The number of nitrogens with one attached hydrogen (secondary N) is 2. The average Bonchev–Trinajstić information content (AvgIpc) is 2.80. The first-order valence-corrected chi connectivity index (χ1v) is 11.7. The van der Waals surface area contributed by atoms with E-state index in [2.05, 4.69) is 81.6 Å². The van der Waals surface area contributed by atoms with Gasteiger partial charge in [0.15, 0.2) is 5.96 Å². The Hall–Kier alpha value is -1.67. The number of morpholine rings is 1. The summed E-state index contributed by atoms with van der Waals surface area (Å²) in [6, 6.07) is 11.4. The molecule has 1 aromatic rings. The molecule has 1 atom stereocenters. The molecule has 0 amide bonds. The topological polar surface area (TPSA) is 55.4 Å². The van der Waals surface area contributed by atoms with Crippen molar-refractivity contribution in [2.75, 3.05) is 79.7 Å². The lowest BCUT2D eigenvalue weighted by Crippen LogP contribution is -2.56. The van der Waals surface area contributed by atoms with Crippen LogP contribution in [0.2, 0.25) is 0 Å². The van der Waals surface area contributed by atoms with Crippen LogP contribution in [-0.4, -0.2) is 106 Å². The zero-order valence-corrected chi connectivity index (χ0v) is 19.9. The van der Waals surface area contributed by atoms with Crippen molar-refractivity contribution < 1.29 is 4.74 Å². The van der Waals surface area contributed by atoms with Crippen molar-refractivity contribution in [1.82, 2.24) is 25.3 Å². The van der Waals surface area contributed by atoms with E-state index in [4.69, 9.17) is 4.74 Å². The van der Waals surface area contributed by atoms with Crippen LogP contribution in [0, 0.1) is 0 Å². The van der Waals surface area contributed by atoms with Crippen LogP contribution in [0.15, 0.2) is 35.3 Å². The van der Waals surface area contributed by atoms with Gasteiger partial charge in [-0.15, -0.1) is 0 Å². The first-order chi connectivity index (χ1) is 15.0.